The van der Waals surface area contributed by atoms with E-state index in [1.165, 1.54) is 17.8 Å². The summed E-state index contributed by atoms with van der Waals surface area (Å²) in [6.07, 6.45) is 0. The lowest BCUT2D eigenvalue weighted by molar-refractivity contribution is -0.410. The van der Waals surface area contributed by atoms with Crippen LogP contribution in [0.25, 0.3) is 0 Å². The summed E-state index contributed by atoms with van der Waals surface area (Å²) < 4.78 is 0. The van der Waals surface area contributed by atoms with E-state index in [1.54, 1.807) is 0 Å². The predicted octanol–water partition coefficient (Wildman–Crippen LogP) is 1.08. The highest BCUT2D eigenvalue weighted by molar-refractivity contribution is 7.99. The highest BCUT2D eigenvalue weighted by Gasteiger charge is 2.17. The number of nitrogen functional groups attached to an aromatic ring is 1. The Morgan fingerprint density at radius 3 is 2.52 bits per heavy atom. The number of anilines is 1. The van der Waals surface area contributed by atoms with Crippen LogP contribution in [-0.4, -0.2) is 17.7 Å². The van der Waals surface area contributed by atoms with Gasteiger partial charge < -0.3 is 5.32 Å². The molecule has 0 saturated heterocycles. The minimum absolute atomic E-state index is 0.0866. The number of pyridine rings is 1. The highest BCUT2D eigenvalue weighted by Crippen LogP contribution is 2.20. The molecule has 1 atom stereocenters. The first kappa shape index (κ1) is 16.8. The summed E-state index contributed by atoms with van der Waals surface area (Å²) in [6, 6.07) is 5.40. The third-order valence-corrected chi connectivity index (χ3v) is 4.07. The summed E-state index contributed by atoms with van der Waals surface area (Å²) in [6.45, 7) is 6.00. The molecule has 1 heterocycles. The number of carbonyl (C=O) groups is 1. The van der Waals surface area contributed by atoms with Gasteiger partial charge >= 0.3 is 0 Å². The molecule has 0 aliphatic carbocycles. The maximum absolute atomic E-state index is 11.8. The molecule has 7 heteroatoms. The summed E-state index contributed by atoms with van der Waals surface area (Å²) >= 11 is 1.19. The first-order valence-corrected chi connectivity index (χ1v) is 7.45. The van der Waals surface area contributed by atoms with Gasteiger partial charge in [-0.2, -0.15) is 10.5 Å². The number of nitrogens with zero attached hydrogens (tertiary/aromatic N) is 2. The first-order valence-electron chi connectivity index (χ1n) is 6.47. The fraction of sp³-hybridized carbons (Fsp3) is 0.429. The Balaban J connectivity index is 2.77. The smallest absolute Gasteiger partial charge is 0.289 e. The molecule has 1 amide bonds. The Hall–Kier alpha value is -2.25. The minimum atomic E-state index is -0.110. The number of aromatic amines is 1. The fourth-order valence-electron chi connectivity index (χ4n) is 1.43. The average molecular weight is 304 g/mol. The van der Waals surface area contributed by atoms with Crippen molar-refractivity contribution in [3.05, 3.63) is 17.2 Å². The molecule has 0 saturated carbocycles. The van der Waals surface area contributed by atoms with Crippen LogP contribution in [0.3, 0.4) is 0 Å². The molecule has 1 rings (SSSR count). The van der Waals surface area contributed by atoms with Crippen LogP contribution in [0.1, 0.15) is 31.9 Å². The number of rotatable bonds is 5. The van der Waals surface area contributed by atoms with Crippen molar-refractivity contribution in [1.29, 1.82) is 10.5 Å². The van der Waals surface area contributed by atoms with Gasteiger partial charge in [0.15, 0.2) is 5.03 Å². The Kier molecular flexibility index (Phi) is 6.01. The zero-order valence-corrected chi connectivity index (χ0v) is 13.0. The number of thioether (sulfide) groups is 1. The second-order valence-corrected chi connectivity index (χ2v) is 5.94. The molecule has 0 bridgehead atoms. The maximum atomic E-state index is 11.8. The number of H-pyrrole nitrogens is 1. The number of nitriles is 2. The third kappa shape index (κ3) is 4.66. The van der Waals surface area contributed by atoms with E-state index in [0.717, 1.165) is 0 Å². The molecule has 1 aromatic rings. The molecule has 0 unspecified atom stereocenters. The average Bonchev–Trinajstić information content (AvgIpc) is 2.44. The van der Waals surface area contributed by atoms with E-state index in [9.17, 15) is 4.79 Å². The zero-order valence-electron chi connectivity index (χ0n) is 12.2. The molecular weight excluding hydrogens is 286 g/mol. The summed E-state index contributed by atoms with van der Waals surface area (Å²) in [4.78, 5) is 14.6. The molecule has 0 spiro atoms. The molecule has 21 heavy (non-hydrogen) atoms. The molecule has 110 valence electrons. The van der Waals surface area contributed by atoms with Crippen LogP contribution in [0.5, 0.6) is 0 Å². The van der Waals surface area contributed by atoms with Crippen molar-refractivity contribution in [2.75, 3.05) is 11.5 Å². The van der Waals surface area contributed by atoms with Crippen LogP contribution < -0.4 is 16.0 Å². The van der Waals surface area contributed by atoms with E-state index < -0.39 is 0 Å². The lowest BCUT2D eigenvalue weighted by Gasteiger charge is -2.17. The summed E-state index contributed by atoms with van der Waals surface area (Å²) in [5.74, 6) is 0.607. The fourth-order valence-corrected chi connectivity index (χ4v) is 2.23. The molecule has 0 aliphatic rings. The topological polar surface area (TPSA) is 117 Å². The van der Waals surface area contributed by atoms with Crippen molar-refractivity contribution in [1.82, 2.24) is 5.32 Å². The number of aromatic nitrogens is 1. The van der Waals surface area contributed by atoms with Crippen LogP contribution >= 0.6 is 11.8 Å². The van der Waals surface area contributed by atoms with Crippen molar-refractivity contribution in [3.63, 3.8) is 0 Å². The van der Waals surface area contributed by atoms with Gasteiger partial charge in [-0.25, -0.2) is 4.98 Å². The van der Waals surface area contributed by atoms with Gasteiger partial charge in [-0.15, -0.1) is 0 Å². The van der Waals surface area contributed by atoms with Gasteiger partial charge in [-0.1, -0.05) is 25.6 Å². The molecule has 1 aromatic heterocycles. The van der Waals surface area contributed by atoms with E-state index in [0.29, 0.717) is 16.5 Å². The standard InChI is InChI=1S/C14H17N5OS/c1-8(2)9(3)18-12(20)7-21-14-11(6-16)4-10(5-15)13(17)19-14/h4,8-9H,7H2,1-3H3,(H2,17,19)(H,18,20)/p+1/t9-/m0/s1. The summed E-state index contributed by atoms with van der Waals surface area (Å²) in [5.41, 5.74) is 6.20. The summed E-state index contributed by atoms with van der Waals surface area (Å²) in [5, 5.41) is 21.3. The van der Waals surface area contributed by atoms with Crippen LogP contribution in [0.2, 0.25) is 0 Å². The number of nitrogens with two attached hydrogens (primary N) is 1. The largest absolute Gasteiger partial charge is 0.353 e. The van der Waals surface area contributed by atoms with Gasteiger partial charge in [0.05, 0.1) is 5.75 Å². The number of hydrogen-bond donors (Lipinski definition) is 2. The molecule has 6 nitrogen and oxygen atoms in total. The van der Waals surface area contributed by atoms with E-state index in [1.807, 2.05) is 32.9 Å². The van der Waals surface area contributed by atoms with Gasteiger partial charge in [-0.3, -0.25) is 10.5 Å². The Morgan fingerprint density at radius 1 is 1.38 bits per heavy atom. The molecule has 0 radical (unpaired) electrons. The Morgan fingerprint density at radius 2 is 2.00 bits per heavy atom. The van der Waals surface area contributed by atoms with Crippen LogP contribution in [0.15, 0.2) is 11.1 Å². The highest BCUT2D eigenvalue weighted by atomic mass is 32.2. The van der Waals surface area contributed by atoms with E-state index in [2.05, 4.69) is 10.3 Å². The normalized spacial score (nSPS) is 11.5. The van der Waals surface area contributed by atoms with Crippen LogP contribution in [0, 0.1) is 28.6 Å². The SMILES string of the molecule is CC(C)[C@H](C)NC(=O)CSc1[nH+]c(N)c(C#N)cc1C#N. The van der Waals surface area contributed by atoms with Crippen molar-refractivity contribution in [3.8, 4) is 12.1 Å². The molecule has 4 N–H and O–H groups in total. The zero-order chi connectivity index (χ0) is 16.0. The van der Waals surface area contributed by atoms with Crippen molar-refractivity contribution < 1.29 is 9.78 Å². The predicted molar refractivity (Wildman–Crippen MR) is 80.0 cm³/mol. The van der Waals surface area contributed by atoms with Gasteiger partial charge in [0.25, 0.3) is 5.82 Å². The van der Waals surface area contributed by atoms with E-state index >= 15 is 0 Å². The van der Waals surface area contributed by atoms with Crippen molar-refractivity contribution in [2.24, 2.45) is 5.92 Å². The quantitative estimate of drug-likeness (QED) is 0.789. The molecule has 0 aliphatic heterocycles. The lowest BCUT2D eigenvalue weighted by atomic mass is 10.1. The van der Waals surface area contributed by atoms with Gasteiger partial charge in [0, 0.05) is 6.04 Å². The minimum Gasteiger partial charge on any atom is -0.353 e. The molecular formula is C14H18N5OS+. The van der Waals surface area contributed by atoms with Gasteiger partial charge in [0.2, 0.25) is 5.91 Å². The van der Waals surface area contributed by atoms with E-state index in [-0.39, 0.29) is 29.1 Å². The van der Waals surface area contributed by atoms with Crippen molar-refractivity contribution in [2.45, 2.75) is 31.8 Å². The maximum Gasteiger partial charge on any atom is 0.289 e. The summed E-state index contributed by atoms with van der Waals surface area (Å²) in [7, 11) is 0. The monoisotopic (exact) mass is 304 g/mol. The number of nitrogens with one attached hydrogen (secondary N) is 2. The van der Waals surface area contributed by atoms with Crippen LogP contribution in [0.4, 0.5) is 5.82 Å². The van der Waals surface area contributed by atoms with Gasteiger partial charge in [-0.05, 0) is 18.9 Å². The van der Waals surface area contributed by atoms with Gasteiger partial charge in [0.1, 0.15) is 23.3 Å². The molecule has 0 fully saturated rings. The Bertz CT molecular complexity index is 615. The van der Waals surface area contributed by atoms with E-state index in [4.69, 9.17) is 16.3 Å². The van der Waals surface area contributed by atoms with Crippen LogP contribution in [-0.2, 0) is 4.79 Å². The third-order valence-electron chi connectivity index (χ3n) is 3.05. The number of amides is 1. The first-order chi connectivity index (χ1) is 9.88. The Labute approximate surface area is 128 Å². The number of hydrogen-bond acceptors (Lipinski definition) is 5. The lowest BCUT2D eigenvalue weighted by Crippen LogP contribution is -2.37. The van der Waals surface area contributed by atoms with Crippen molar-refractivity contribution >= 4 is 23.5 Å². The second-order valence-electron chi connectivity index (χ2n) is 4.95. The second kappa shape index (κ2) is 7.51. The number of carbonyl (C=O) groups excluding carboxylic acids is 1. The molecule has 0 aromatic carbocycles.